The van der Waals surface area contributed by atoms with Crippen LogP contribution in [0.5, 0.6) is 0 Å². The first-order valence-corrected chi connectivity index (χ1v) is 8.59. The Bertz CT molecular complexity index is 967. The van der Waals surface area contributed by atoms with Crippen molar-refractivity contribution < 1.29 is 14.3 Å². The van der Waals surface area contributed by atoms with Gasteiger partial charge in [0.15, 0.2) is 0 Å². The van der Waals surface area contributed by atoms with Crippen molar-refractivity contribution in [3.8, 4) is 11.3 Å². The number of ether oxygens (including phenoxy) is 1. The topological polar surface area (TPSA) is 75.3 Å². The van der Waals surface area contributed by atoms with Crippen LogP contribution in [-0.4, -0.2) is 41.1 Å². The molecule has 0 fully saturated rings. The summed E-state index contributed by atoms with van der Waals surface area (Å²) in [5.41, 5.74) is 3.24. The molecular weight excluding hydrogens is 366 g/mol. The molecule has 1 heterocycles. The van der Waals surface area contributed by atoms with Gasteiger partial charge < -0.3 is 9.64 Å². The number of rotatable bonds is 5. The van der Waals surface area contributed by atoms with E-state index >= 15 is 0 Å². The smallest absolute Gasteiger partial charge is 0.337 e. The van der Waals surface area contributed by atoms with Gasteiger partial charge in [0, 0.05) is 24.2 Å². The highest BCUT2D eigenvalue weighted by atomic mass is 35.5. The molecule has 0 spiro atoms. The molecule has 6 nitrogen and oxygen atoms in total. The first kappa shape index (κ1) is 18.7. The number of nitrogens with one attached hydrogen (secondary N) is 1. The van der Waals surface area contributed by atoms with Crippen molar-refractivity contribution in [3.63, 3.8) is 0 Å². The van der Waals surface area contributed by atoms with Crippen LogP contribution in [0.4, 0.5) is 0 Å². The molecule has 0 radical (unpaired) electrons. The predicted molar refractivity (Wildman–Crippen MR) is 103 cm³/mol. The van der Waals surface area contributed by atoms with Gasteiger partial charge in [0.2, 0.25) is 0 Å². The van der Waals surface area contributed by atoms with Crippen LogP contribution < -0.4 is 0 Å². The summed E-state index contributed by atoms with van der Waals surface area (Å²) < 4.78 is 4.68. The molecule has 1 aromatic heterocycles. The summed E-state index contributed by atoms with van der Waals surface area (Å²) >= 11 is 6.05. The maximum absolute atomic E-state index is 12.9. The highest BCUT2D eigenvalue weighted by Gasteiger charge is 2.19. The second kappa shape index (κ2) is 8.05. The van der Waals surface area contributed by atoms with Crippen molar-refractivity contribution in [2.75, 3.05) is 14.2 Å². The summed E-state index contributed by atoms with van der Waals surface area (Å²) in [6, 6.07) is 14.2. The Labute approximate surface area is 161 Å². The van der Waals surface area contributed by atoms with E-state index in [-0.39, 0.29) is 5.91 Å². The first-order valence-electron chi connectivity index (χ1n) is 8.21. The summed E-state index contributed by atoms with van der Waals surface area (Å²) in [5, 5.41) is 7.46. The van der Waals surface area contributed by atoms with Gasteiger partial charge in [0.05, 0.1) is 30.1 Å². The lowest BCUT2D eigenvalue weighted by atomic mass is 10.1. The van der Waals surface area contributed by atoms with Gasteiger partial charge in [0.1, 0.15) is 0 Å². The van der Waals surface area contributed by atoms with Gasteiger partial charge >= 0.3 is 5.97 Å². The van der Waals surface area contributed by atoms with E-state index in [1.54, 1.807) is 48.3 Å². The summed E-state index contributed by atoms with van der Waals surface area (Å²) in [4.78, 5) is 26.0. The molecule has 0 saturated heterocycles. The number of methoxy groups -OCH3 is 1. The lowest BCUT2D eigenvalue weighted by molar-refractivity contribution is 0.0600. The fraction of sp³-hybridized carbons (Fsp3) is 0.150. The van der Waals surface area contributed by atoms with Gasteiger partial charge in [-0.2, -0.15) is 5.10 Å². The average molecular weight is 384 g/mol. The molecule has 0 atom stereocenters. The monoisotopic (exact) mass is 383 g/mol. The number of hydrogen-bond donors (Lipinski definition) is 1. The molecule has 138 valence electrons. The molecule has 0 aliphatic rings. The Morgan fingerprint density at radius 2 is 1.93 bits per heavy atom. The Morgan fingerprint density at radius 1 is 1.19 bits per heavy atom. The highest BCUT2D eigenvalue weighted by molar-refractivity contribution is 6.30. The number of aromatic nitrogens is 2. The minimum Gasteiger partial charge on any atom is -0.465 e. The molecule has 0 bridgehead atoms. The van der Waals surface area contributed by atoms with Crippen LogP contribution in [0.2, 0.25) is 5.02 Å². The number of carbonyl (C=O) groups is 2. The Kier molecular flexibility index (Phi) is 5.57. The largest absolute Gasteiger partial charge is 0.465 e. The van der Waals surface area contributed by atoms with Crippen LogP contribution in [0, 0.1) is 0 Å². The number of halogens is 1. The minimum absolute atomic E-state index is 0.171. The average Bonchev–Trinajstić information content (AvgIpc) is 3.17. The van der Waals surface area contributed by atoms with Crippen LogP contribution in [-0.2, 0) is 11.3 Å². The van der Waals surface area contributed by atoms with Crippen molar-refractivity contribution in [1.82, 2.24) is 15.1 Å². The normalized spacial score (nSPS) is 10.5. The maximum atomic E-state index is 12.9. The van der Waals surface area contributed by atoms with Crippen molar-refractivity contribution in [3.05, 3.63) is 76.4 Å². The standard InChI is InChI=1S/C20H18ClN3O3/c1-24(12-13-6-8-14(9-7-13)20(26)27-2)19(25)17-11-22-23-18(17)15-4-3-5-16(21)10-15/h3-11H,12H2,1-2H3,(H,22,23). The zero-order chi connectivity index (χ0) is 19.4. The number of nitrogens with zero attached hydrogens (tertiary/aromatic N) is 2. The third-order valence-electron chi connectivity index (χ3n) is 4.12. The lowest BCUT2D eigenvalue weighted by Gasteiger charge is -2.17. The third kappa shape index (κ3) is 4.17. The van der Waals surface area contributed by atoms with E-state index in [0.717, 1.165) is 11.1 Å². The van der Waals surface area contributed by atoms with Gasteiger partial charge in [-0.25, -0.2) is 4.79 Å². The summed E-state index contributed by atoms with van der Waals surface area (Å²) in [6.07, 6.45) is 1.51. The van der Waals surface area contributed by atoms with Gasteiger partial charge in [-0.3, -0.25) is 9.89 Å². The number of amides is 1. The Balaban J connectivity index is 1.77. The summed E-state index contributed by atoms with van der Waals surface area (Å²) in [5.74, 6) is -0.564. The van der Waals surface area contributed by atoms with Crippen molar-refractivity contribution in [2.24, 2.45) is 0 Å². The number of carbonyl (C=O) groups excluding carboxylic acids is 2. The molecule has 0 unspecified atom stereocenters. The zero-order valence-electron chi connectivity index (χ0n) is 14.9. The molecular formula is C20H18ClN3O3. The van der Waals surface area contributed by atoms with Crippen molar-refractivity contribution in [1.29, 1.82) is 0 Å². The molecule has 1 N–H and O–H groups in total. The molecule has 7 heteroatoms. The van der Waals surface area contributed by atoms with E-state index in [4.69, 9.17) is 11.6 Å². The molecule has 0 aliphatic carbocycles. The number of hydrogen-bond acceptors (Lipinski definition) is 4. The molecule has 2 aromatic carbocycles. The Morgan fingerprint density at radius 3 is 2.59 bits per heavy atom. The van der Waals surface area contributed by atoms with E-state index in [9.17, 15) is 9.59 Å². The second-order valence-corrected chi connectivity index (χ2v) is 6.46. The van der Waals surface area contributed by atoms with E-state index in [2.05, 4.69) is 14.9 Å². The van der Waals surface area contributed by atoms with Crippen LogP contribution in [0.25, 0.3) is 11.3 Å². The molecule has 1 amide bonds. The second-order valence-electron chi connectivity index (χ2n) is 6.02. The fourth-order valence-electron chi connectivity index (χ4n) is 2.73. The molecule has 0 aliphatic heterocycles. The number of aromatic amines is 1. The number of H-pyrrole nitrogens is 1. The first-order chi connectivity index (χ1) is 13.0. The van der Waals surface area contributed by atoms with Crippen molar-refractivity contribution in [2.45, 2.75) is 6.54 Å². The molecule has 27 heavy (non-hydrogen) atoms. The zero-order valence-corrected chi connectivity index (χ0v) is 15.7. The van der Waals surface area contributed by atoms with Gasteiger partial charge in [-0.1, -0.05) is 35.9 Å². The van der Waals surface area contributed by atoms with E-state index in [0.29, 0.717) is 28.4 Å². The van der Waals surface area contributed by atoms with E-state index < -0.39 is 5.97 Å². The van der Waals surface area contributed by atoms with E-state index in [1.165, 1.54) is 13.3 Å². The highest BCUT2D eigenvalue weighted by Crippen LogP contribution is 2.25. The quantitative estimate of drug-likeness (QED) is 0.680. The summed E-state index contributed by atoms with van der Waals surface area (Å²) in [6.45, 7) is 0.389. The maximum Gasteiger partial charge on any atom is 0.337 e. The third-order valence-corrected chi connectivity index (χ3v) is 4.36. The van der Waals surface area contributed by atoms with Crippen molar-refractivity contribution >= 4 is 23.5 Å². The molecule has 3 rings (SSSR count). The summed E-state index contributed by atoms with van der Waals surface area (Å²) in [7, 11) is 3.05. The number of esters is 1. The van der Waals surface area contributed by atoms with Gasteiger partial charge in [-0.15, -0.1) is 0 Å². The van der Waals surface area contributed by atoms with Gasteiger partial charge in [0.25, 0.3) is 5.91 Å². The van der Waals surface area contributed by atoms with Gasteiger partial charge in [-0.05, 0) is 29.8 Å². The molecule has 0 saturated carbocycles. The lowest BCUT2D eigenvalue weighted by Crippen LogP contribution is -2.26. The Hall–Kier alpha value is -3.12. The van der Waals surface area contributed by atoms with E-state index in [1.807, 2.05) is 12.1 Å². The predicted octanol–water partition coefficient (Wildman–Crippen LogP) is 3.79. The SMILES string of the molecule is COC(=O)c1ccc(CN(C)C(=O)c2cn[nH]c2-c2cccc(Cl)c2)cc1. The molecule has 3 aromatic rings. The van der Waals surface area contributed by atoms with Crippen LogP contribution >= 0.6 is 11.6 Å². The fourth-order valence-corrected chi connectivity index (χ4v) is 2.92. The van der Waals surface area contributed by atoms with Crippen LogP contribution in [0.3, 0.4) is 0 Å². The number of benzene rings is 2. The van der Waals surface area contributed by atoms with Crippen LogP contribution in [0.15, 0.2) is 54.7 Å². The van der Waals surface area contributed by atoms with Crippen LogP contribution in [0.1, 0.15) is 26.3 Å². The minimum atomic E-state index is -0.393.